The number of rotatable bonds is 8. The lowest BCUT2D eigenvalue weighted by molar-refractivity contribution is 0.0451. The van der Waals surface area contributed by atoms with E-state index in [1.54, 1.807) is 14.2 Å². The second kappa shape index (κ2) is 9.26. The van der Waals surface area contributed by atoms with Crippen LogP contribution in [0.1, 0.15) is 23.5 Å². The Bertz CT molecular complexity index is 731. The first-order valence-electron chi connectivity index (χ1n) is 9.46. The van der Waals surface area contributed by atoms with Gasteiger partial charge in [-0.3, -0.25) is 9.80 Å². The average molecular weight is 374 g/mol. The highest BCUT2D eigenvalue weighted by atomic mass is 16.5. The second-order valence-corrected chi connectivity index (χ2v) is 7.06. The van der Waals surface area contributed by atoms with Crippen molar-refractivity contribution in [2.45, 2.75) is 32.5 Å². The number of nitrogens with zero attached hydrogens (tertiary/aromatic N) is 2. The Balaban J connectivity index is 1.67. The molecule has 2 aromatic rings. The van der Waals surface area contributed by atoms with E-state index in [0.717, 1.165) is 67.7 Å². The van der Waals surface area contributed by atoms with Crippen molar-refractivity contribution < 1.29 is 19.0 Å². The molecular weight excluding hydrogens is 344 g/mol. The summed E-state index contributed by atoms with van der Waals surface area (Å²) in [5, 5.41) is 9.53. The van der Waals surface area contributed by atoms with Gasteiger partial charge >= 0.3 is 0 Å². The van der Waals surface area contributed by atoms with E-state index in [0.29, 0.717) is 6.04 Å². The topological polar surface area (TPSA) is 58.3 Å². The number of aliphatic hydroxyl groups is 1. The Morgan fingerprint density at radius 2 is 1.96 bits per heavy atom. The average Bonchev–Trinajstić information content (AvgIpc) is 3.08. The molecule has 0 spiro atoms. The molecule has 1 fully saturated rings. The number of aryl methyl sites for hydroxylation is 1. The number of methoxy groups -OCH3 is 2. The van der Waals surface area contributed by atoms with Crippen molar-refractivity contribution in [3.8, 4) is 11.5 Å². The van der Waals surface area contributed by atoms with Crippen molar-refractivity contribution >= 4 is 0 Å². The van der Waals surface area contributed by atoms with Crippen molar-refractivity contribution in [3.63, 3.8) is 0 Å². The van der Waals surface area contributed by atoms with Crippen LogP contribution in [0.5, 0.6) is 11.5 Å². The van der Waals surface area contributed by atoms with Crippen LogP contribution in [0, 0.1) is 6.92 Å². The van der Waals surface area contributed by atoms with Crippen molar-refractivity contribution in [2.24, 2.45) is 0 Å². The molecule has 1 aromatic heterocycles. The molecule has 0 saturated carbocycles. The van der Waals surface area contributed by atoms with Crippen LogP contribution in [0.4, 0.5) is 0 Å². The summed E-state index contributed by atoms with van der Waals surface area (Å²) in [6.45, 7) is 6.55. The van der Waals surface area contributed by atoms with Crippen molar-refractivity contribution in [3.05, 3.63) is 47.4 Å². The number of benzene rings is 1. The van der Waals surface area contributed by atoms with Gasteiger partial charge in [-0.2, -0.15) is 0 Å². The van der Waals surface area contributed by atoms with Crippen molar-refractivity contribution in [2.75, 3.05) is 40.5 Å². The van der Waals surface area contributed by atoms with Gasteiger partial charge in [0, 0.05) is 44.4 Å². The summed E-state index contributed by atoms with van der Waals surface area (Å²) in [7, 11) is 3.38. The molecule has 0 bridgehead atoms. The maximum atomic E-state index is 9.53. The molecule has 1 aliphatic heterocycles. The van der Waals surface area contributed by atoms with Gasteiger partial charge in [0.2, 0.25) is 0 Å². The SMILES string of the molecule is COc1ccc(OC)c(CN2CCN(Cc3ccc(C)o3)[C@@H](CCO)C2)c1. The Labute approximate surface area is 161 Å². The fraction of sp³-hybridized carbons (Fsp3) is 0.524. The fourth-order valence-corrected chi connectivity index (χ4v) is 3.75. The molecule has 1 aromatic carbocycles. The van der Waals surface area contributed by atoms with Gasteiger partial charge in [0.05, 0.1) is 20.8 Å². The zero-order valence-corrected chi connectivity index (χ0v) is 16.5. The minimum absolute atomic E-state index is 0.189. The molecule has 0 radical (unpaired) electrons. The zero-order valence-electron chi connectivity index (χ0n) is 16.5. The monoisotopic (exact) mass is 374 g/mol. The van der Waals surface area contributed by atoms with Crippen molar-refractivity contribution in [1.29, 1.82) is 0 Å². The molecule has 148 valence electrons. The molecule has 6 nitrogen and oxygen atoms in total. The standard InChI is InChI=1S/C21H30N2O4/c1-16-4-5-20(27-16)15-23-10-9-22(14-18(23)8-11-24)13-17-12-19(25-2)6-7-21(17)26-3/h4-7,12,18,24H,8-11,13-15H2,1-3H3/t18-/m0/s1. The lowest BCUT2D eigenvalue weighted by atomic mass is 10.1. The largest absolute Gasteiger partial charge is 0.497 e. The van der Waals surface area contributed by atoms with Gasteiger partial charge in [-0.15, -0.1) is 0 Å². The molecule has 1 saturated heterocycles. The van der Waals surface area contributed by atoms with Gasteiger partial charge in [0.1, 0.15) is 23.0 Å². The third-order valence-electron chi connectivity index (χ3n) is 5.19. The maximum Gasteiger partial charge on any atom is 0.123 e. The van der Waals surface area contributed by atoms with Crippen LogP contribution in [-0.4, -0.2) is 61.4 Å². The predicted molar refractivity (Wildman–Crippen MR) is 104 cm³/mol. The highest BCUT2D eigenvalue weighted by molar-refractivity contribution is 5.40. The molecule has 0 aliphatic carbocycles. The summed E-state index contributed by atoms with van der Waals surface area (Å²) in [5.74, 6) is 3.64. The van der Waals surface area contributed by atoms with Crippen LogP contribution in [0.3, 0.4) is 0 Å². The van der Waals surface area contributed by atoms with Crippen LogP contribution in [-0.2, 0) is 13.1 Å². The van der Waals surface area contributed by atoms with E-state index in [1.165, 1.54) is 0 Å². The molecular formula is C21H30N2O4. The summed E-state index contributed by atoms with van der Waals surface area (Å²) >= 11 is 0. The quantitative estimate of drug-likeness (QED) is 0.767. The van der Waals surface area contributed by atoms with E-state index in [2.05, 4.69) is 9.80 Å². The van der Waals surface area contributed by atoms with Gasteiger partial charge in [0.25, 0.3) is 0 Å². The van der Waals surface area contributed by atoms with E-state index in [1.807, 2.05) is 37.3 Å². The number of furan rings is 1. The van der Waals surface area contributed by atoms with Crippen LogP contribution >= 0.6 is 0 Å². The molecule has 0 unspecified atom stereocenters. The summed E-state index contributed by atoms with van der Waals surface area (Å²) < 4.78 is 16.6. The van der Waals surface area contributed by atoms with E-state index in [4.69, 9.17) is 13.9 Å². The first-order valence-corrected chi connectivity index (χ1v) is 9.46. The fourth-order valence-electron chi connectivity index (χ4n) is 3.75. The molecule has 3 rings (SSSR count). The Morgan fingerprint density at radius 3 is 2.63 bits per heavy atom. The third kappa shape index (κ3) is 5.03. The van der Waals surface area contributed by atoms with E-state index < -0.39 is 0 Å². The second-order valence-electron chi connectivity index (χ2n) is 7.06. The minimum Gasteiger partial charge on any atom is -0.497 e. The first-order chi connectivity index (χ1) is 13.1. The lowest BCUT2D eigenvalue weighted by Gasteiger charge is -2.41. The molecule has 1 atom stereocenters. The Kier molecular flexibility index (Phi) is 6.77. The molecule has 2 heterocycles. The number of hydrogen-bond acceptors (Lipinski definition) is 6. The van der Waals surface area contributed by atoms with Gasteiger partial charge in [0.15, 0.2) is 0 Å². The number of hydrogen-bond donors (Lipinski definition) is 1. The van der Waals surface area contributed by atoms with Gasteiger partial charge in [-0.05, 0) is 43.7 Å². The molecule has 1 aliphatic rings. The smallest absolute Gasteiger partial charge is 0.123 e. The Morgan fingerprint density at radius 1 is 1.11 bits per heavy atom. The summed E-state index contributed by atoms with van der Waals surface area (Å²) in [5.41, 5.74) is 1.12. The highest BCUT2D eigenvalue weighted by Crippen LogP contribution is 2.27. The first kappa shape index (κ1) is 19.7. The molecule has 1 N–H and O–H groups in total. The third-order valence-corrected chi connectivity index (χ3v) is 5.19. The summed E-state index contributed by atoms with van der Waals surface area (Å²) in [6, 6.07) is 10.2. The molecule has 6 heteroatoms. The van der Waals surface area contributed by atoms with Crippen LogP contribution in [0.2, 0.25) is 0 Å². The zero-order chi connectivity index (χ0) is 19.2. The van der Waals surface area contributed by atoms with Crippen LogP contribution in [0.25, 0.3) is 0 Å². The van der Waals surface area contributed by atoms with E-state index in [-0.39, 0.29) is 6.61 Å². The maximum absolute atomic E-state index is 9.53. The van der Waals surface area contributed by atoms with Gasteiger partial charge in [-0.1, -0.05) is 0 Å². The lowest BCUT2D eigenvalue weighted by Crippen LogP contribution is -2.52. The molecule has 0 amide bonds. The van der Waals surface area contributed by atoms with E-state index >= 15 is 0 Å². The van der Waals surface area contributed by atoms with Crippen LogP contribution in [0.15, 0.2) is 34.7 Å². The number of ether oxygens (including phenoxy) is 2. The van der Waals surface area contributed by atoms with Gasteiger partial charge in [-0.25, -0.2) is 0 Å². The highest BCUT2D eigenvalue weighted by Gasteiger charge is 2.27. The summed E-state index contributed by atoms with van der Waals surface area (Å²) in [4.78, 5) is 4.83. The predicted octanol–water partition coefficient (Wildman–Crippen LogP) is 2.67. The number of piperazine rings is 1. The number of aliphatic hydroxyl groups excluding tert-OH is 1. The summed E-state index contributed by atoms with van der Waals surface area (Å²) in [6.07, 6.45) is 0.755. The van der Waals surface area contributed by atoms with E-state index in [9.17, 15) is 5.11 Å². The van der Waals surface area contributed by atoms with Gasteiger partial charge < -0.3 is 19.0 Å². The molecule has 27 heavy (non-hydrogen) atoms. The minimum atomic E-state index is 0.189. The van der Waals surface area contributed by atoms with Crippen molar-refractivity contribution in [1.82, 2.24) is 9.80 Å². The van der Waals surface area contributed by atoms with Crippen LogP contribution < -0.4 is 9.47 Å². The normalized spacial score (nSPS) is 18.6. The Hall–Kier alpha value is -2.02.